The number of hydrogen-bond donors (Lipinski definition) is 0. The molecular weight excluding hydrogens is 1000 g/mol. The summed E-state index contributed by atoms with van der Waals surface area (Å²) in [7, 11) is 0. The maximum absolute atomic E-state index is 13.6. The van der Waals surface area contributed by atoms with Crippen LogP contribution in [-0.2, 0) is 27.5 Å². The Morgan fingerprint density at radius 3 is 2.15 bits per heavy atom. The molecular formula is C46H37F3GeN2OPtSe. The number of hydrogen-bond acceptors (Lipinski definition) is 3. The van der Waals surface area contributed by atoms with Gasteiger partial charge >= 0.3 is 315 Å². The van der Waals surface area contributed by atoms with Gasteiger partial charge in [0.1, 0.15) is 0 Å². The predicted octanol–water partition coefficient (Wildman–Crippen LogP) is 12.1. The molecule has 8 aromatic rings. The third-order valence-corrected chi connectivity index (χ3v) is 16.6. The third kappa shape index (κ3) is 8.00. The minimum absolute atomic E-state index is 0. The number of rotatable bonds is 8. The van der Waals surface area contributed by atoms with Gasteiger partial charge in [0.2, 0.25) is 0 Å². The number of alkyl halides is 3. The molecule has 9 heteroatoms. The van der Waals surface area contributed by atoms with Crippen LogP contribution in [0.3, 0.4) is 0 Å². The molecule has 0 atom stereocenters. The van der Waals surface area contributed by atoms with E-state index in [9.17, 15) is 13.2 Å². The summed E-state index contributed by atoms with van der Waals surface area (Å²) in [5.41, 5.74) is 3.28. The van der Waals surface area contributed by atoms with Crippen molar-refractivity contribution in [1.82, 2.24) is 9.97 Å². The molecule has 3 nitrogen and oxygen atoms in total. The second-order valence-corrected chi connectivity index (χ2v) is 28.2. The number of fused-ring (bicyclic) bond motifs is 3. The van der Waals surface area contributed by atoms with Gasteiger partial charge in [-0.05, 0) is 5.39 Å². The quantitative estimate of drug-likeness (QED) is 0.112. The average Bonchev–Trinajstić information content (AvgIpc) is 3.59. The van der Waals surface area contributed by atoms with E-state index in [0.717, 1.165) is 49.6 Å². The predicted molar refractivity (Wildman–Crippen MR) is 219 cm³/mol. The van der Waals surface area contributed by atoms with Gasteiger partial charge in [-0.15, -0.1) is 0 Å². The van der Waals surface area contributed by atoms with E-state index in [-0.39, 0.29) is 42.0 Å². The zero-order valence-corrected chi connectivity index (χ0v) is 37.0. The first kappa shape index (κ1) is 39.2. The fourth-order valence-electron chi connectivity index (χ4n) is 6.77. The second-order valence-electron chi connectivity index (χ2n) is 15.4. The van der Waals surface area contributed by atoms with Gasteiger partial charge in [0.15, 0.2) is 0 Å². The van der Waals surface area contributed by atoms with Crippen LogP contribution in [0.15, 0.2) is 122 Å². The van der Waals surface area contributed by atoms with Crippen LogP contribution in [0.1, 0.15) is 19.4 Å². The van der Waals surface area contributed by atoms with Crippen molar-refractivity contribution in [2.24, 2.45) is 5.41 Å². The number of benzene rings is 5. The van der Waals surface area contributed by atoms with Crippen molar-refractivity contribution in [3.05, 3.63) is 139 Å². The summed E-state index contributed by atoms with van der Waals surface area (Å²) in [4.78, 5) is 9.84. The van der Waals surface area contributed by atoms with Gasteiger partial charge in [0.25, 0.3) is 0 Å². The van der Waals surface area contributed by atoms with Crippen LogP contribution in [0.25, 0.3) is 63.7 Å². The normalized spacial score (nSPS) is 12.3. The molecule has 55 heavy (non-hydrogen) atoms. The molecule has 3 heterocycles. The van der Waals surface area contributed by atoms with Gasteiger partial charge in [-0.2, -0.15) is 0 Å². The molecule has 0 aliphatic heterocycles. The van der Waals surface area contributed by atoms with E-state index in [1.54, 1.807) is 0 Å². The molecule has 0 fully saturated rings. The smallest absolute Gasteiger partial charge is 2.00 e. The molecule has 8 rings (SSSR count). The Labute approximate surface area is 342 Å². The summed E-state index contributed by atoms with van der Waals surface area (Å²) in [5, 5.41) is 5.36. The van der Waals surface area contributed by atoms with E-state index in [2.05, 4.69) is 65.9 Å². The molecule has 0 unspecified atom stereocenters. The first-order chi connectivity index (χ1) is 25.7. The SMILES string of the molecule is CC(C)(Cc1ccc(-c2cc3[c]([Ge]([CH3])([CH3])[CH3])cnc(-c4[c-]c(Oc5[c-]c(-c6cc7ccccc7cn6)ccc5)c5ccccc5c4)c3[se]2)cc1)C(F)(F)F.[Pt+2]. The van der Waals surface area contributed by atoms with Crippen LogP contribution in [0.2, 0.25) is 17.3 Å². The molecule has 0 bridgehead atoms. The largest absolute Gasteiger partial charge is 2.00 e. The molecule has 0 saturated carbocycles. The van der Waals surface area contributed by atoms with Crippen molar-refractivity contribution in [3.8, 4) is 44.0 Å². The minimum Gasteiger partial charge on any atom is 2.00 e. The molecule has 0 N–H and O–H groups in total. The standard InChI is InChI=1S/C46H37F3GeN2OSe.Pt/c1-45(2,46(47,48)49)26-29-17-19-30(20-18-29)42-25-38-39(50(3,4)5)28-52-43(44(38)54-42)35-21-32-12-8-9-16-37(32)41(24-35)53-36-15-10-14-33(22-36)40-23-31-11-6-7-13-34(31)27-51-40;/h6-21,23,25,27-28H,26H2,1-5H3;/q-2;+2. The van der Waals surface area contributed by atoms with Crippen LogP contribution in [0, 0.1) is 17.5 Å². The van der Waals surface area contributed by atoms with Crippen molar-refractivity contribution in [1.29, 1.82) is 0 Å². The van der Waals surface area contributed by atoms with Crippen LogP contribution in [0.4, 0.5) is 13.2 Å². The number of ether oxygens (including phenoxy) is 1. The van der Waals surface area contributed by atoms with E-state index in [1.165, 1.54) is 32.3 Å². The van der Waals surface area contributed by atoms with Crippen molar-refractivity contribution < 1.29 is 39.0 Å². The summed E-state index contributed by atoms with van der Waals surface area (Å²) in [6.45, 7) is 2.51. The number of pyridine rings is 2. The van der Waals surface area contributed by atoms with Crippen molar-refractivity contribution in [2.45, 2.75) is 43.7 Å². The van der Waals surface area contributed by atoms with Gasteiger partial charge in [0, 0.05) is 0 Å². The van der Waals surface area contributed by atoms with Gasteiger partial charge in [-0.3, -0.25) is 0 Å². The van der Waals surface area contributed by atoms with E-state index in [4.69, 9.17) is 14.7 Å². The summed E-state index contributed by atoms with van der Waals surface area (Å²) in [5.74, 6) is 8.27. The van der Waals surface area contributed by atoms with E-state index >= 15 is 0 Å². The van der Waals surface area contributed by atoms with Gasteiger partial charge in [0.05, 0.1) is 0 Å². The fourth-order valence-corrected chi connectivity index (χ4v) is 12.7. The number of halogens is 3. The zero-order valence-electron chi connectivity index (χ0n) is 30.9. The molecule has 3 aromatic heterocycles. The number of nitrogens with zero attached hydrogens (tertiary/aromatic N) is 2. The molecule has 278 valence electrons. The van der Waals surface area contributed by atoms with Crippen LogP contribution in [-0.4, -0.2) is 43.9 Å². The van der Waals surface area contributed by atoms with Gasteiger partial charge < -0.3 is 0 Å². The maximum atomic E-state index is 13.6. The number of aromatic nitrogens is 2. The fraction of sp³-hybridized carbons (Fsp3) is 0.174. The molecule has 0 radical (unpaired) electrons. The topological polar surface area (TPSA) is 35.0 Å². The van der Waals surface area contributed by atoms with E-state index in [1.807, 2.05) is 85.1 Å². The summed E-state index contributed by atoms with van der Waals surface area (Å²) < 4.78 is 51.2. The van der Waals surface area contributed by atoms with Gasteiger partial charge in [-0.1, -0.05) is 24.3 Å². The summed E-state index contributed by atoms with van der Waals surface area (Å²) in [6.07, 6.45) is -0.400. The minimum atomic E-state index is -4.27. The Bertz CT molecular complexity index is 2680. The van der Waals surface area contributed by atoms with E-state index < -0.39 is 24.9 Å². The Hall–Kier alpha value is -4.00. The Morgan fingerprint density at radius 1 is 0.709 bits per heavy atom. The van der Waals surface area contributed by atoms with Crippen molar-refractivity contribution in [2.75, 3.05) is 0 Å². The first-order valence-electron chi connectivity index (χ1n) is 17.8. The Balaban J connectivity index is 0.00000465. The van der Waals surface area contributed by atoms with Gasteiger partial charge in [-0.25, -0.2) is 0 Å². The average molecular weight is 1040 g/mol. The molecule has 0 amide bonds. The maximum Gasteiger partial charge on any atom is 2.00 e. The third-order valence-electron chi connectivity index (χ3n) is 9.92. The second kappa shape index (κ2) is 15.2. The molecule has 0 saturated heterocycles. The summed E-state index contributed by atoms with van der Waals surface area (Å²) in [6, 6.07) is 43.3. The van der Waals surface area contributed by atoms with Crippen LogP contribution in [0.5, 0.6) is 11.5 Å². The molecule has 0 spiro atoms. The molecule has 0 aliphatic rings. The van der Waals surface area contributed by atoms with Crippen LogP contribution >= 0.6 is 0 Å². The Morgan fingerprint density at radius 2 is 1.42 bits per heavy atom. The molecule has 0 aliphatic carbocycles. The van der Waals surface area contributed by atoms with Crippen molar-refractivity contribution >= 4 is 63.4 Å². The monoisotopic (exact) mass is 1040 g/mol. The van der Waals surface area contributed by atoms with Crippen LogP contribution < -0.4 is 9.13 Å². The molecule has 5 aromatic carbocycles. The summed E-state index contributed by atoms with van der Waals surface area (Å²) >= 11 is -2.47. The van der Waals surface area contributed by atoms with E-state index in [0.29, 0.717) is 17.1 Å². The first-order valence-corrected chi connectivity index (χ1v) is 26.9. The Kier molecular flexibility index (Phi) is 10.8. The zero-order chi connectivity index (χ0) is 37.8. The van der Waals surface area contributed by atoms with Crippen molar-refractivity contribution in [3.63, 3.8) is 0 Å².